The Labute approximate surface area is 103 Å². The fraction of sp³-hybridized carbons (Fsp3) is 0.692. The highest BCUT2D eigenvalue weighted by molar-refractivity contribution is 7.10. The number of nitrogens with zero attached hydrogens (tertiary/aromatic N) is 1. The van der Waals surface area contributed by atoms with Crippen LogP contribution in [0.15, 0.2) is 17.5 Å². The standard InChI is InChI=1S/C13H22N2S/c1-10-8-14-13(3,4)9-15(10)11(2)12-6-5-7-16-12/h5-7,10-11,14H,8-9H2,1-4H3. The van der Waals surface area contributed by atoms with Crippen LogP contribution in [0.1, 0.15) is 38.6 Å². The van der Waals surface area contributed by atoms with Gasteiger partial charge in [0.15, 0.2) is 0 Å². The Balaban J connectivity index is 2.12. The molecule has 2 atom stereocenters. The molecule has 0 spiro atoms. The predicted octanol–water partition coefficient (Wildman–Crippen LogP) is 2.88. The SMILES string of the molecule is CC1CNC(C)(C)CN1C(C)c1cccs1. The maximum Gasteiger partial charge on any atom is 0.0417 e. The van der Waals surface area contributed by atoms with Crippen LogP contribution < -0.4 is 5.32 Å². The second-order valence-corrected chi connectivity index (χ2v) is 6.46. The minimum atomic E-state index is 0.234. The molecule has 1 fully saturated rings. The summed E-state index contributed by atoms with van der Waals surface area (Å²) in [4.78, 5) is 4.09. The van der Waals surface area contributed by atoms with Gasteiger partial charge in [0, 0.05) is 35.6 Å². The number of piperazine rings is 1. The molecule has 1 aromatic rings. The van der Waals surface area contributed by atoms with Gasteiger partial charge < -0.3 is 5.32 Å². The minimum Gasteiger partial charge on any atom is -0.309 e. The van der Waals surface area contributed by atoms with Crippen LogP contribution in [0.2, 0.25) is 0 Å². The lowest BCUT2D eigenvalue weighted by atomic mass is 9.97. The van der Waals surface area contributed by atoms with Gasteiger partial charge in [-0.05, 0) is 39.1 Å². The smallest absolute Gasteiger partial charge is 0.0417 e. The Morgan fingerprint density at radius 1 is 1.56 bits per heavy atom. The van der Waals surface area contributed by atoms with Crippen molar-refractivity contribution in [2.24, 2.45) is 0 Å². The molecule has 2 nitrogen and oxygen atoms in total. The third kappa shape index (κ3) is 2.47. The highest BCUT2D eigenvalue weighted by Gasteiger charge is 2.33. The quantitative estimate of drug-likeness (QED) is 0.852. The highest BCUT2D eigenvalue weighted by Crippen LogP contribution is 2.29. The van der Waals surface area contributed by atoms with E-state index in [1.807, 2.05) is 11.3 Å². The summed E-state index contributed by atoms with van der Waals surface area (Å²) in [7, 11) is 0. The van der Waals surface area contributed by atoms with Crippen molar-refractivity contribution in [2.75, 3.05) is 13.1 Å². The molecule has 1 aliphatic heterocycles. The van der Waals surface area contributed by atoms with Crippen molar-refractivity contribution >= 4 is 11.3 Å². The largest absolute Gasteiger partial charge is 0.309 e. The Kier molecular flexibility index (Phi) is 3.38. The molecular formula is C13H22N2S. The molecule has 1 aromatic heterocycles. The second-order valence-electron chi connectivity index (χ2n) is 5.48. The van der Waals surface area contributed by atoms with Crippen LogP contribution in [0.3, 0.4) is 0 Å². The van der Waals surface area contributed by atoms with Gasteiger partial charge in [0.2, 0.25) is 0 Å². The van der Waals surface area contributed by atoms with Gasteiger partial charge >= 0.3 is 0 Å². The van der Waals surface area contributed by atoms with E-state index in [1.165, 1.54) is 4.88 Å². The first-order chi connectivity index (χ1) is 7.49. The summed E-state index contributed by atoms with van der Waals surface area (Å²) in [5.74, 6) is 0. The summed E-state index contributed by atoms with van der Waals surface area (Å²) in [6, 6.07) is 5.55. The number of hydrogen-bond donors (Lipinski definition) is 1. The monoisotopic (exact) mass is 238 g/mol. The van der Waals surface area contributed by atoms with Crippen LogP contribution >= 0.6 is 11.3 Å². The van der Waals surface area contributed by atoms with Crippen molar-refractivity contribution in [2.45, 2.75) is 45.3 Å². The lowest BCUT2D eigenvalue weighted by Gasteiger charge is -2.46. The molecule has 0 aromatic carbocycles. The van der Waals surface area contributed by atoms with E-state index in [-0.39, 0.29) is 5.54 Å². The molecular weight excluding hydrogens is 216 g/mol. The summed E-state index contributed by atoms with van der Waals surface area (Å²) >= 11 is 1.86. The van der Waals surface area contributed by atoms with Crippen LogP contribution in [0, 0.1) is 0 Å². The Morgan fingerprint density at radius 2 is 2.31 bits per heavy atom. The second kappa shape index (κ2) is 4.47. The molecule has 0 radical (unpaired) electrons. The average Bonchev–Trinajstić information content (AvgIpc) is 2.74. The summed E-state index contributed by atoms with van der Waals surface area (Å²) in [5, 5.41) is 5.77. The van der Waals surface area contributed by atoms with Gasteiger partial charge in [0.1, 0.15) is 0 Å². The molecule has 2 unspecified atom stereocenters. The fourth-order valence-corrected chi connectivity index (χ4v) is 3.22. The fourth-order valence-electron chi connectivity index (χ4n) is 2.42. The average molecular weight is 238 g/mol. The van der Waals surface area contributed by atoms with E-state index in [2.05, 4.69) is 55.4 Å². The number of thiophene rings is 1. The van der Waals surface area contributed by atoms with E-state index in [4.69, 9.17) is 0 Å². The van der Waals surface area contributed by atoms with Crippen LogP contribution in [0.5, 0.6) is 0 Å². The Hall–Kier alpha value is -0.380. The van der Waals surface area contributed by atoms with Gasteiger partial charge in [-0.1, -0.05) is 6.07 Å². The zero-order valence-electron chi connectivity index (χ0n) is 10.7. The molecule has 0 amide bonds. The van der Waals surface area contributed by atoms with E-state index >= 15 is 0 Å². The van der Waals surface area contributed by atoms with Gasteiger partial charge in [0.05, 0.1) is 0 Å². The molecule has 0 bridgehead atoms. The molecule has 2 heterocycles. The van der Waals surface area contributed by atoms with E-state index in [9.17, 15) is 0 Å². The molecule has 1 saturated heterocycles. The van der Waals surface area contributed by atoms with Crippen molar-refractivity contribution in [1.82, 2.24) is 10.2 Å². The zero-order valence-corrected chi connectivity index (χ0v) is 11.5. The van der Waals surface area contributed by atoms with E-state index in [0.717, 1.165) is 13.1 Å². The van der Waals surface area contributed by atoms with Crippen molar-refractivity contribution < 1.29 is 0 Å². The molecule has 0 saturated carbocycles. The normalized spacial score (nSPS) is 27.9. The first kappa shape index (κ1) is 12.1. The van der Waals surface area contributed by atoms with Gasteiger partial charge in [-0.25, -0.2) is 0 Å². The number of nitrogens with one attached hydrogen (secondary N) is 1. The van der Waals surface area contributed by atoms with Crippen LogP contribution in [-0.4, -0.2) is 29.6 Å². The molecule has 90 valence electrons. The van der Waals surface area contributed by atoms with Crippen molar-refractivity contribution in [3.63, 3.8) is 0 Å². The molecule has 3 heteroatoms. The van der Waals surface area contributed by atoms with Gasteiger partial charge in [-0.15, -0.1) is 11.3 Å². The third-order valence-electron chi connectivity index (χ3n) is 3.47. The lowest BCUT2D eigenvalue weighted by molar-refractivity contribution is 0.0703. The predicted molar refractivity (Wildman–Crippen MR) is 71.0 cm³/mol. The highest BCUT2D eigenvalue weighted by atomic mass is 32.1. The molecule has 1 aliphatic rings. The summed E-state index contributed by atoms with van der Waals surface area (Å²) in [6.07, 6.45) is 0. The maximum atomic E-state index is 3.60. The Bertz CT molecular complexity index is 332. The first-order valence-corrected chi connectivity index (χ1v) is 6.92. The summed E-state index contributed by atoms with van der Waals surface area (Å²) in [6.45, 7) is 11.4. The molecule has 16 heavy (non-hydrogen) atoms. The van der Waals surface area contributed by atoms with E-state index in [1.54, 1.807) is 0 Å². The van der Waals surface area contributed by atoms with E-state index < -0.39 is 0 Å². The Morgan fingerprint density at radius 3 is 2.94 bits per heavy atom. The van der Waals surface area contributed by atoms with Gasteiger partial charge in [-0.2, -0.15) is 0 Å². The molecule has 2 rings (SSSR count). The van der Waals surface area contributed by atoms with Crippen LogP contribution in [-0.2, 0) is 0 Å². The molecule has 0 aliphatic carbocycles. The van der Waals surface area contributed by atoms with Crippen molar-refractivity contribution in [1.29, 1.82) is 0 Å². The van der Waals surface area contributed by atoms with Gasteiger partial charge in [0.25, 0.3) is 0 Å². The lowest BCUT2D eigenvalue weighted by Crippen LogP contribution is -2.60. The summed E-state index contributed by atoms with van der Waals surface area (Å²) < 4.78 is 0. The van der Waals surface area contributed by atoms with Crippen molar-refractivity contribution in [3.8, 4) is 0 Å². The van der Waals surface area contributed by atoms with Crippen LogP contribution in [0.25, 0.3) is 0 Å². The zero-order chi connectivity index (χ0) is 11.8. The first-order valence-electron chi connectivity index (χ1n) is 6.04. The third-order valence-corrected chi connectivity index (χ3v) is 4.52. The minimum absolute atomic E-state index is 0.234. The number of rotatable bonds is 2. The molecule has 1 N–H and O–H groups in total. The maximum absolute atomic E-state index is 3.60. The van der Waals surface area contributed by atoms with Crippen molar-refractivity contribution in [3.05, 3.63) is 22.4 Å². The van der Waals surface area contributed by atoms with Gasteiger partial charge in [-0.3, -0.25) is 4.90 Å². The summed E-state index contributed by atoms with van der Waals surface area (Å²) in [5.41, 5.74) is 0.234. The van der Waals surface area contributed by atoms with E-state index in [0.29, 0.717) is 12.1 Å². The number of hydrogen-bond acceptors (Lipinski definition) is 3. The topological polar surface area (TPSA) is 15.3 Å². The van der Waals surface area contributed by atoms with Crippen LogP contribution in [0.4, 0.5) is 0 Å².